The molecule has 2 aromatic carbocycles. The van der Waals surface area contributed by atoms with Gasteiger partial charge in [0, 0.05) is 25.0 Å². The van der Waals surface area contributed by atoms with Crippen molar-refractivity contribution in [1.29, 1.82) is 0 Å². The van der Waals surface area contributed by atoms with Gasteiger partial charge in [-0.05, 0) is 55.8 Å². The number of rotatable bonds is 9. The van der Waals surface area contributed by atoms with Gasteiger partial charge in [0.05, 0.1) is 28.8 Å². The van der Waals surface area contributed by atoms with E-state index in [2.05, 4.69) is 20.3 Å². The van der Waals surface area contributed by atoms with Crippen LogP contribution >= 0.6 is 0 Å². The van der Waals surface area contributed by atoms with Crippen molar-refractivity contribution in [2.75, 3.05) is 11.8 Å². The van der Waals surface area contributed by atoms with Gasteiger partial charge in [-0.25, -0.2) is 8.42 Å². The summed E-state index contributed by atoms with van der Waals surface area (Å²) in [5.41, 5.74) is 1.15. The maximum absolute atomic E-state index is 13.1. The maximum Gasteiger partial charge on any atom is 0.261 e. The summed E-state index contributed by atoms with van der Waals surface area (Å²) >= 11 is 0. The van der Waals surface area contributed by atoms with Crippen LogP contribution in [0, 0.1) is 0 Å². The molecule has 0 fully saturated rings. The molecule has 9 nitrogen and oxygen atoms in total. The molecule has 0 bridgehead atoms. The number of hydrogen-bond acceptors (Lipinski definition) is 6. The number of benzene rings is 2. The summed E-state index contributed by atoms with van der Waals surface area (Å²) in [5, 5.41) is 5.48. The summed E-state index contributed by atoms with van der Waals surface area (Å²) in [6, 6.07) is 13.7. The van der Waals surface area contributed by atoms with Gasteiger partial charge in [-0.1, -0.05) is 18.2 Å². The molecule has 2 amide bonds. The van der Waals surface area contributed by atoms with Gasteiger partial charge < -0.3 is 15.4 Å². The molecule has 34 heavy (non-hydrogen) atoms. The van der Waals surface area contributed by atoms with E-state index in [1.165, 1.54) is 37.4 Å². The van der Waals surface area contributed by atoms with E-state index < -0.39 is 21.8 Å². The Kier molecular flexibility index (Phi) is 7.85. The smallest absolute Gasteiger partial charge is 0.261 e. The fraction of sp³-hybridized carbons (Fsp3) is 0.208. The van der Waals surface area contributed by atoms with Gasteiger partial charge in [-0.3, -0.25) is 19.3 Å². The van der Waals surface area contributed by atoms with E-state index in [1.54, 1.807) is 44.4 Å². The second-order valence-electron chi connectivity index (χ2n) is 7.69. The van der Waals surface area contributed by atoms with Crippen molar-refractivity contribution < 1.29 is 22.7 Å². The summed E-state index contributed by atoms with van der Waals surface area (Å²) in [4.78, 5) is 29.2. The van der Waals surface area contributed by atoms with Gasteiger partial charge in [0.2, 0.25) is 0 Å². The van der Waals surface area contributed by atoms with E-state index in [9.17, 15) is 18.0 Å². The molecular weight excluding hydrogens is 456 g/mol. The van der Waals surface area contributed by atoms with E-state index in [0.29, 0.717) is 0 Å². The van der Waals surface area contributed by atoms with E-state index in [4.69, 9.17) is 4.74 Å². The van der Waals surface area contributed by atoms with Crippen molar-refractivity contribution in [3.05, 3.63) is 83.7 Å². The number of sulfonamides is 1. The number of amides is 2. The van der Waals surface area contributed by atoms with Crippen LogP contribution in [-0.4, -0.2) is 38.4 Å². The van der Waals surface area contributed by atoms with Crippen LogP contribution in [0.15, 0.2) is 71.9 Å². The number of ether oxygens (including phenoxy) is 1. The molecule has 0 unspecified atom stereocenters. The molecule has 0 atom stereocenters. The summed E-state index contributed by atoms with van der Waals surface area (Å²) < 4.78 is 33.9. The first-order chi connectivity index (χ1) is 16.2. The lowest BCUT2D eigenvalue weighted by molar-refractivity contribution is 0.0935. The molecule has 0 aliphatic carbocycles. The number of carbonyl (C=O) groups is 2. The molecule has 0 aliphatic rings. The van der Waals surface area contributed by atoms with Crippen molar-refractivity contribution in [2.24, 2.45) is 0 Å². The highest BCUT2D eigenvalue weighted by Gasteiger charge is 2.22. The van der Waals surface area contributed by atoms with Gasteiger partial charge >= 0.3 is 0 Å². The Labute approximate surface area is 198 Å². The molecule has 3 rings (SSSR count). The van der Waals surface area contributed by atoms with E-state index >= 15 is 0 Å². The highest BCUT2D eigenvalue weighted by Crippen LogP contribution is 2.25. The minimum absolute atomic E-state index is 0.0848. The first kappa shape index (κ1) is 24.7. The minimum Gasteiger partial charge on any atom is -0.496 e. The minimum atomic E-state index is -4.12. The fourth-order valence-corrected chi connectivity index (χ4v) is 4.23. The number of anilines is 1. The molecule has 1 heterocycles. The zero-order valence-electron chi connectivity index (χ0n) is 19.0. The standard InChI is InChI=1S/C24H26N4O5S/c1-16(2)27-24(30)20-13-18(10-11-22(20)33-3)34(31,32)28-21-9-5-4-8-19(21)23(29)26-15-17-7-6-12-25-14-17/h4-14,16,28H,15H2,1-3H3,(H,26,29)(H,27,30). The third kappa shape index (κ3) is 6.10. The Morgan fingerprint density at radius 2 is 1.76 bits per heavy atom. The lowest BCUT2D eigenvalue weighted by Crippen LogP contribution is -2.30. The van der Waals surface area contributed by atoms with Gasteiger partial charge in [0.25, 0.3) is 21.8 Å². The average molecular weight is 483 g/mol. The van der Waals surface area contributed by atoms with Gasteiger partial charge in [0.15, 0.2) is 0 Å². The molecular formula is C24H26N4O5S. The Morgan fingerprint density at radius 1 is 1.00 bits per heavy atom. The number of nitrogens with one attached hydrogen (secondary N) is 3. The van der Waals surface area contributed by atoms with Gasteiger partial charge in [-0.15, -0.1) is 0 Å². The second kappa shape index (κ2) is 10.8. The molecule has 3 aromatic rings. The Morgan fingerprint density at radius 3 is 2.44 bits per heavy atom. The number of pyridine rings is 1. The maximum atomic E-state index is 13.1. The molecule has 3 N–H and O–H groups in total. The highest BCUT2D eigenvalue weighted by molar-refractivity contribution is 7.92. The van der Waals surface area contributed by atoms with Gasteiger partial charge in [-0.2, -0.15) is 0 Å². The van der Waals surface area contributed by atoms with Crippen molar-refractivity contribution in [2.45, 2.75) is 31.3 Å². The number of carbonyl (C=O) groups excluding carboxylic acids is 2. The molecule has 178 valence electrons. The average Bonchev–Trinajstić information content (AvgIpc) is 2.82. The largest absolute Gasteiger partial charge is 0.496 e. The van der Waals surface area contributed by atoms with Crippen molar-refractivity contribution in [3.8, 4) is 5.75 Å². The Hall–Kier alpha value is -3.92. The monoisotopic (exact) mass is 482 g/mol. The third-order valence-electron chi connectivity index (χ3n) is 4.74. The molecule has 0 saturated carbocycles. The van der Waals surface area contributed by atoms with Crippen LogP contribution < -0.4 is 20.1 Å². The summed E-state index contributed by atoms with van der Waals surface area (Å²) in [6.45, 7) is 3.83. The Balaban J connectivity index is 1.85. The molecule has 10 heteroatoms. The first-order valence-corrected chi connectivity index (χ1v) is 12.0. The summed E-state index contributed by atoms with van der Waals surface area (Å²) in [7, 11) is -2.72. The van der Waals surface area contributed by atoms with Crippen molar-refractivity contribution in [3.63, 3.8) is 0 Å². The third-order valence-corrected chi connectivity index (χ3v) is 6.10. The fourth-order valence-electron chi connectivity index (χ4n) is 3.13. The normalized spacial score (nSPS) is 11.1. The molecule has 0 radical (unpaired) electrons. The van der Waals surface area contributed by atoms with E-state index in [1.807, 2.05) is 6.07 Å². The van der Waals surface area contributed by atoms with Crippen LogP contribution in [0.3, 0.4) is 0 Å². The summed E-state index contributed by atoms with van der Waals surface area (Å²) in [6.07, 6.45) is 3.26. The molecule has 0 spiro atoms. The van der Waals surface area contributed by atoms with Gasteiger partial charge in [0.1, 0.15) is 5.75 Å². The van der Waals surface area contributed by atoms with Crippen LogP contribution in [-0.2, 0) is 16.6 Å². The van der Waals surface area contributed by atoms with Crippen LogP contribution in [0.25, 0.3) is 0 Å². The number of nitrogens with zero attached hydrogens (tertiary/aromatic N) is 1. The van der Waals surface area contributed by atoms with E-state index in [0.717, 1.165) is 5.56 Å². The van der Waals surface area contributed by atoms with Crippen molar-refractivity contribution >= 4 is 27.5 Å². The first-order valence-electron chi connectivity index (χ1n) is 10.5. The molecule has 1 aromatic heterocycles. The topological polar surface area (TPSA) is 126 Å². The van der Waals surface area contributed by atoms with Crippen LogP contribution in [0.5, 0.6) is 5.75 Å². The zero-order chi connectivity index (χ0) is 24.7. The lowest BCUT2D eigenvalue weighted by atomic mass is 10.1. The SMILES string of the molecule is COc1ccc(S(=O)(=O)Nc2ccccc2C(=O)NCc2cccnc2)cc1C(=O)NC(C)C. The number of methoxy groups -OCH3 is 1. The van der Waals surface area contributed by atoms with Crippen molar-refractivity contribution in [1.82, 2.24) is 15.6 Å². The Bertz CT molecular complexity index is 1280. The highest BCUT2D eigenvalue weighted by atomic mass is 32.2. The second-order valence-corrected chi connectivity index (χ2v) is 9.37. The lowest BCUT2D eigenvalue weighted by Gasteiger charge is -2.15. The predicted molar refractivity (Wildman–Crippen MR) is 128 cm³/mol. The van der Waals surface area contributed by atoms with E-state index in [-0.39, 0.29) is 40.0 Å². The number of hydrogen-bond donors (Lipinski definition) is 3. The number of para-hydroxylation sites is 1. The van der Waals surface area contributed by atoms with Crippen LogP contribution in [0.1, 0.15) is 40.1 Å². The zero-order valence-corrected chi connectivity index (χ0v) is 19.8. The molecule has 0 aliphatic heterocycles. The predicted octanol–water partition coefficient (Wildman–Crippen LogP) is 2.96. The van der Waals surface area contributed by atoms with Crippen LogP contribution in [0.4, 0.5) is 5.69 Å². The molecule has 0 saturated heterocycles. The number of aromatic nitrogens is 1. The summed E-state index contributed by atoms with van der Waals surface area (Å²) in [5.74, 6) is -0.666. The van der Waals surface area contributed by atoms with Crippen LogP contribution in [0.2, 0.25) is 0 Å². The quantitative estimate of drug-likeness (QED) is 0.430.